The number of nitrogens with two attached hydrogens (primary N) is 1. The van der Waals surface area contributed by atoms with Crippen molar-refractivity contribution in [2.45, 2.75) is 6.92 Å². The van der Waals surface area contributed by atoms with E-state index in [1.54, 1.807) is 18.2 Å². The summed E-state index contributed by atoms with van der Waals surface area (Å²) in [5, 5.41) is 13.6. The van der Waals surface area contributed by atoms with Gasteiger partial charge in [0.1, 0.15) is 23.1 Å². The molecule has 0 atom stereocenters. The lowest BCUT2D eigenvalue weighted by Gasteiger charge is -2.03. The largest absolute Gasteiger partial charge is 0.463 e. The number of hydrogen-bond donors (Lipinski definition) is 1. The highest BCUT2D eigenvalue weighted by Gasteiger charge is 2.20. The average Bonchev–Trinajstić information content (AvgIpc) is 3.05. The predicted octanol–water partition coefficient (Wildman–Crippen LogP) is 2.29. The van der Waals surface area contributed by atoms with E-state index in [4.69, 9.17) is 10.2 Å². The Bertz CT molecular complexity index is 796. The van der Waals surface area contributed by atoms with Crippen LogP contribution in [0.15, 0.2) is 41.0 Å². The van der Waals surface area contributed by atoms with Gasteiger partial charge in [-0.25, -0.2) is 4.98 Å². The lowest BCUT2D eigenvalue weighted by molar-refractivity contribution is 0.578. The van der Waals surface area contributed by atoms with Crippen LogP contribution in [0.25, 0.3) is 17.3 Å². The number of rotatable bonds is 2. The van der Waals surface area contributed by atoms with Gasteiger partial charge in [0.15, 0.2) is 11.6 Å². The molecule has 0 aliphatic rings. The third-order valence-electron chi connectivity index (χ3n) is 2.88. The third-order valence-corrected chi connectivity index (χ3v) is 2.88. The summed E-state index contributed by atoms with van der Waals surface area (Å²) in [6, 6.07) is 11.0. The number of nitrogens with zero attached hydrogens (tertiary/aromatic N) is 4. The maximum absolute atomic E-state index is 9.27. The molecule has 6 heteroatoms. The number of furan rings is 1. The summed E-state index contributed by atoms with van der Waals surface area (Å²) in [6.45, 7) is 1.88. The van der Waals surface area contributed by atoms with E-state index in [1.165, 1.54) is 10.9 Å². The van der Waals surface area contributed by atoms with Crippen molar-refractivity contribution in [1.29, 1.82) is 5.26 Å². The van der Waals surface area contributed by atoms with Gasteiger partial charge in [0.05, 0.1) is 6.26 Å². The zero-order valence-electron chi connectivity index (χ0n) is 10.7. The average molecular weight is 265 g/mol. The summed E-state index contributed by atoms with van der Waals surface area (Å²) < 4.78 is 6.73. The Balaban J connectivity index is 2.22. The van der Waals surface area contributed by atoms with Crippen LogP contribution in [-0.2, 0) is 0 Å². The second-order valence-corrected chi connectivity index (χ2v) is 4.25. The summed E-state index contributed by atoms with van der Waals surface area (Å²) in [7, 11) is 0. The molecule has 0 saturated carbocycles. The number of anilines is 1. The van der Waals surface area contributed by atoms with Crippen molar-refractivity contribution >= 4 is 5.82 Å². The molecule has 3 rings (SSSR count). The molecular weight excluding hydrogens is 254 g/mol. The van der Waals surface area contributed by atoms with Crippen LogP contribution >= 0.6 is 0 Å². The molecule has 0 unspecified atom stereocenters. The minimum atomic E-state index is 0.247. The van der Waals surface area contributed by atoms with Crippen molar-refractivity contribution in [2.24, 2.45) is 0 Å². The molecule has 0 aliphatic carbocycles. The number of nitriles is 1. The number of aryl methyl sites for hydroxylation is 1. The molecule has 0 saturated heterocycles. The Morgan fingerprint density at radius 2 is 2.15 bits per heavy atom. The van der Waals surface area contributed by atoms with Gasteiger partial charge in [-0.3, -0.25) is 0 Å². The first-order chi connectivity index (χ1) is 9.70. The van der Waals surface area contributed by atoms with E-state index in [1.807, 2.05) is 19.1 Å². The zero-order chi connectivity index (χ0) is 14.1. The highest BCUT2D eigenvalue weighted by Crippen LogP contribution is 2.28. The van der Waals surface area contributed by atoms with Crippen molar-refractivity contribution in [2.75, 3.05) is 5.73 Å². The highest BCUT2D eigenvalue weighted by molar-refractivity contribution is 5.70. The van der Waals surface area contributed by atoms with Crippen molar-refractivity contribution in [3.8, 4) is 23.3 Å². The van der Waals surface area contributed by atoms with Crippen LogP contribution in [0.2, 0.25) is 0 Å². The molecule has 0 amide bonds. The molecule has 0 aliphatic heterocycles. The first-order valence-electron chi connectivity index (χ1n) is 5.97. The van der Waals surface area contributed by atoms with E-state index in [9.17, 15) is 5.26 Å². The van der Waals surface area contributed by atoms with Crippen molar-refractivity contribution < 1.29 is 4.42 Å². The van der Waals surface area contributed by atoms with Crippen LogP contribution in [0.5, 0.6) is 0 Å². The normalized spacial score (nSPS) is 10.4. The molecule has 20 heavy (non-hydrogen) atoms. The first kappa shape index (κ1) is 12.0. The maximum atomic E-state index is 9.27. The van der Waals surface area contributed by atoms with Gasteiger partial charge in [-0.1, -0.05) is 6.07 Å². The molecule has 6 nitrogen and oxygen atoms in total. The summed E-state index contributed by atoms with van der Waals surface area (Å²) in [4.78, 5) is 4.35. The number of hydrogen-bond acceptors (Lipinski definition) is 5. The third kappa shape index (κ3) is 1.82. The van der Waals surface area contributed by atoms with Crippen molar-refractivity contribution in [1.82, 2.24) is 14.8 Å². The van der Waals surface area contributed by atoms with Gasteiger partial charge in [0, 0.05) is 5.69 Å². The van der Waals surface area contributed by atoms with Crippen LogP contribution in [0.4, 0.5) is 5.82 Å². The minimum absolute atomic E-state index is 0.247. The number of nitrogen functional groups attached to an aromatic ring is 1. The Hall–Kier alpha value is -3.07. The van der Waals surface area contributed by atoms with E-state index in [-0.39, 0.29) is 11.4 Å². The van der Waals surface area contributed by atoms with Gasteiger partial charge in [-0.2, -0.15) is 15.0 Å². The molecule has 0 bridgehead atoms. The smallest absolute Gasteiger partial charge is 0.156 e. The fourth-order valence-corrected chi connectivity index (χ4v) is 1.95. The number of pyridine rings is 1. The van der Waals surface area contributed by atoms with E-state index >= 15 is 0 Å². The molecule has 0 radical (unpaired) electrons. The van der Waals surface area contributed by atoms with Gasteiger partial charge < -0.3 is 10.2 Å². The summed E-state index contributed by atoms with van der Waals surface area (Å²) in [5.74, 6) is 1.31. The highest BCUT2D eigenvalue weighted by atomic mass is 16.3. The van der Waals surface area contributed by atoms with Crippen LogP contribution in [-0.4, -0.2) is 14.8 Å². The van der Waals surface area contributed by atoms with Gasteiger partial charge in [-0.15, -0.1) is 0 Å². The van der Waals surface area contributed by atoms with Gasteiger partial charge in [0.25, 0.3) is 0 Å². The Morgan fingerprint density at radius 3 is 2.80 bits per heavy atom. The number of aromatic nitrogens is 3. The molecule has 3 heterocycles. The van der Waals surface area contributed by atoms with Crippen molar-refractivity contribution in [3.63, 3.8) is 0 Å². The molecule has 0 spiro atoms. The standard InChI is InChI=1S/C14H11N5O/c1-9-4-2-6-12(17-9)19-14(16)10(8-15)13(18-19)11-5-3-7-20-11/h2-7H,16H2,1H3. The van der Waals surface area contributed by atoms with Gasteiger partial charge in [-0.05, 0) is 31.2 Å². The van der Waals surface area contributed by atoms with E-state index in [0.717, 1.165) is 5.69 Å². The molecule has 98 valence electrons. The van der Waals surface area contributed by atoms with Gasteiger partial charge >= 0.3 is 0 Å². The first-order valence-corrected chi connectivity index (χ1v) is 5.97. The zero-order valence-corrected chi connectivity index (χ0v) is 10.7. The molecule has 3 aromatic heterocycles. The molecule has 3 aromatic rings. The van der Waals surface area contributed by atoms with E-state index < -0.39 is 0 Å². The Kier molecular flexibility index (Phi) is 2.73. The maximum Gasteiger partial charge on any atom is 0.156 e. The second kappa shape index (κ2) is 4.55. The van der Waals surface area contributed by atoms with Crippen LogP contribution in [0.3, 0.4) is 0 Å². The topological polar surface area (TPSA) is 93.7 Å². The summed E-state index contributed by atoms with van der Waals surface area (Å²) in [5.41, 5.74) is 7.54. The van der Waals surface area contributed by atoms with Crippen LogP contribution < -0.4 is 5.73 Å². The molecule has 2 N–H and O–H groups in total. The lowest BCUT2D eigenvalue weighted by atomic mass is 10.2. The van der Waals surface area contributed by atoms with Crippen molar-refractivity contribution in [3.05, 3.63) is 47.9 Å². The molecular formula is C14H11N5O. The minimum Gasteiger partial charge on any atom is -0.463 e. The second-order valence-electron chi connectivity index (χ2n) is 4.25. The van der Waals surface area contributed by atoms with Crippen LogP contribution in [0, 0.1) is 18.3 Å². The molecule has 0 aromatic carbocycles. The predicted molar refractivity (Wildman–Crippen MR) is 72.9 cm³/mol. The Morgan fingerprint density at radius 1 is 1.30 bits per heavy atom. The quantitative estimate of drug-likeness (QED) is 0.767. The monoisotopic (exact) mass is 265 g/mol. The fraction of sp³-hybridized carbons (Fsp3) is 0.0714. The SMILES string of the molecule is Cc1cccc(-n2nc(-c3ccco3)c(C#N)c2N)n1. The summed E-state index contributed by atoms with van der Waals surface area (Å²) >= 11 is 0. The lowest BCUT2D eigenvalue weighted by Crippen LogP contribution is -2.05. The van der Waals surface area contributed by atoms with E-state index in [0.29, 0.717) is 17.3 Å². The van der Waals surface area contributed by atoms with E-state index in [2.05, 4.69) is 16.2 Å². The molecule has 0 fully saturated rings. The summed E-state index contributed by atoms with van der Waals surface area (Å²) in [6.07, 6.45) is 1.52. The van der Waals surface area contributed by atoms with Gasteiger partial charge in [0.2, 0.25) is 0 Å². The fourth-order valence-electron chi connectivity index (χ4n) is 1.95. The van der Waals surface area contributed by atoms with Crippen LogP contribution in [0.1, 0.15) is 11.3 Å². The Labute approximate surface area is 115 Å².